The molecule has 1 aromatic rings. The molecule has 1 atom stereocenters. The van der Waals surface area contributed by atoms with Crippen LogP contribution in [0.25, 0.3) is 0 Å². The van der Waals surface area contributed by atoms with E-state index in [1.165, 1.54) is 13.8 Å². The van der Waals surface area contributed by atoms with Crippen molar-refractivity contribution in [2.24, 2.45) is 11.3 Å². The Hall–Kier alpha value is -2.90. The predicted molar refractivity (Wildman–Crippen MR) is 114 cm³/mol. The van der Waals surface area contributed by atoms with Crippen molar-refractivity contribution in [2.45, 2.75) is 53.6 Å². The quantitative estimate of drug-likeness (QED) is 0.717. The van der Waals surface area contributed by atoms with Gasteiger partial charge in [0.25, 0.3) is 5.91 Å². The first kappa shape index (κ1) is 23.4. The molecular weight excluding hydrogens is 386 g/mol. The van der Waals surface area contributed by atoms with Gasteiger partial charge < -0.3 is 20.3 Å². The molecule has 30 heavy (non-hydrogen) atoms. The molecular formula is C22H31N3O5. The summed E-state index contributed by atoms with van der Waals surface area (Å²) < 4.78 is 5.35. The number of nitrogens with zero attached hydrogens (tertiary/aromatic N) is 1. The Morgan fingerprint density at radius 1 is 1.00 bits per heavy atom. The zero-order valence-corrected chi connectivity index (χ0v) is 18.3. The number of nitrogens with one attached hydrogen (secondary N) is 2. The van der Waals surface area contributed by atoms with Crippen molar-refractivity contribution in [1.82, 2.24) is 4.90 Å². The van der Waals surface area contributed by atoms with Crippen LogP contribution in [0.4, 0.5) is 11.4 Å². The molecule has 164 valence electrons. The van der Waals surface area contributed by atoms with Crippen LogP contribution in [0.5, 0.6) is 0 Å². The van der Waals surface area contributed by atoms with E-state index in [2.05, 4.69) is 10.6 Å². The molecule has 0 aromatic heterocycles. The molecule has 0 bridgehead atoms. The highest BCUT2D eigenvalue weighted by atomic mass is 16.5. The van der Waals surface area contributed by atoms with Gasteiger partial charge in [-0.3, -0.25) is 19.2 Å². The van der Waals surface area contributed by atoms with Crippen LogP contribution in [-0.4, -0.2) is 47.8 Å². The number of carbonyl (C=O) groups excluding carboxylic acids is 4. The summed E-state index contributed by atoms with van der Waals surface area (Å²) in [6, 6.07) is 6.64. The molecule has 1 aliphatic heterocycles. The zero-order chi connectivity index (χ0) is 22.5. The van der Waals surface area contributed by atoms with Gasteiger partial charge in [0.1, 0.15) is 0 Å². The van der Waals surface area contributed by atoms with Crippen LogP contribution in [-0.2, 0) is 23.9 Å². The summed E-state index contributed by atoms with van der Waals surface area (Å²) in [7, 11) is 0. The van der Waals surface area contributed by atoms with E-state index in [-0.39, 0.29) is 17.7 Å². The van der Waals surface area contributed by atoms with Gasteiger partial charge in [0.15, 0.2) is 6.10 Å². The summed E-state index contributed by atoms with van der Waals surface area (Å²) in [4.78, 5) is 49.9. The highest BCUT2D eigenvalue weighted by molar-refractivity contribution is 5.95. The second kappa shape index (κ2) is 9.73. The van der Waals surface area contributed by atoms with Crippen molar-refractivity contribution in [1.29, 1.82) is 0 Å². The lowest BCUT2D eigenvalue weighted by Crippen LogP contribution is -2.45. The fourth-order valence-corrected chi connectivity index (χ4v) is 3.20. The van der Waals surface area contributed by atoms with Gasteiger partial charge in [-0.1, -0.05) is 20.8 Å². The molecule has 3 amide bonds. The van der Waals surface area contributed by atoms with Crippen LogP contribution in [0.3, 0.4) is 0 Å². The van der Waals surface area contributed by atoms with Gasteiger partial charge in [-0.05, 0) is 44.0 Å². The smallest absolute Gasteiger partial charge is 0.309 e. The van der Waals surface area contributed by atoms with E-state index in [4.69, 9.17) is 4.74 Å². The maximum absolute atomic E-state index is 12.4. The molecule has 0 saturated carbocycles. The third kappa shape index (κ3) is 6.57. The molecule has 1 fully saturated rings. The van der Waals surface area contributed by atoms with Crippen molar-refractivity contribution in [2.75, 3.05) is 23.7 Å². The summed E-state index contributed by atoms with van der Waals surface area (Å²) in [6.45, 7) is 9.60. The highest BCUT2D eigenvalue weighted by Crippen LogP contribution is 2.24. The predicted octanol–water partition coefficient (Wildman–Crippen LogP) is 2.80. The zero-order valence-electron chi connectivity index (χ0n) is 18.3. The van der Waals surface area contributed by atoms with Crippen molar-refractivity contribution in [3.63, 3.8) is 0 Å². The average Bonchev–Trinajstić information content (AvgIpc) is 2.67. The van der Waals surface area contributed by atoms with Crippen LogP contribution in [0.2, 0.25) is 0 Å². The summed E-state index contributed by atoms with van der Waals surface area (Å²) in [5.74, 6) is -1.27. The Morgan fingerprint density at radius 2 is 1.50 bits per heavy atom. The summed E-state index contributed by atoms with van der Waals surface area (Å²) in [5.41, 5.74) is 0.711. The van der Waals surface area contributed by atoms with E-state index >= 15 is 0 Å². The third-order valence-electron chi connectivity index (χ3n) is 4.89. The molecule has 0 aliphatic carbocycles. The van der Waals surface area contributed by atoms with Crippen molar-refractivity contribution < 1.29 is 23.9 Å². The van der Waals surface area contributed by atoms with E-state index in [1.807, 2.05) is 20.8 Å². The summed E-state index contributed by atoms with van der Waals surface area (Å²) >= 11 is 0. The second-order valence-corrected chi connectivity index (χ2v) is 8.64. The van der Waals surface area contributed by atoms with Gasteiger partial charge in [-0.25, -0.2) is 0 Å². The lowest BCUT2D eigenvalue weighted by Gasteiger charge is -2.35. The van der Waals surface area contributed by atoms with Gasteiger partial charge >= 0.3 is 5.97 Å². The minimum Gasteiger partial charge on any atom is -0.452 e. The van der Waals surface area contributed by atoms with Crippen molar-refractivity contribution in [3.05, 3.63) is 24.3 Å². The van der Waals surface area contributed by atoms with Crippen molar-refractivity contribution >= 4 is 35.1 Å². The highest BCUT2D eigenvalue weighted by Gasteiger charge is 2.33. The van der Waals surface area contributed by atoms with Crippen LogP contribution in [0.15, 0.2) is 24.3 Å². The van der Waals surface area contributed by atoms with E-state index in [0.29, 0.717) is 37.3 Å². The Kier molecular flexibility index (Phi) is 7.59. The van der Waals surface area contributed by atoms with Gasteiger partial charge in [0, 0.05) is 36.8 Å². The number of ether oxygens (including phenoxy) is 1. The molecule has 1 unspecified atom stereocenters. The Balaban J connectivity index is 1.82. The summed E-state index contributed by atoms with van der Waals surface area (Å²) in [6.07, 6.45) is 0.112. The first-order valence-electron chi connectivity index (χ1n) is 10.2. The van der Waals surface area contributed by atoms with Gasteiger partial charge in [-0.2, -0.15) is 0 Å². The number of esters is 1. The molecule has 1 aromatic carbocycles. The average molecular weight is 418 g/mol. The minimum absolute atomic E-state index is 0.0755. The number of hydrogen-bond donors (Lipinski definition) is 2. The lowest BCUT2D eigenvalue weighted by molar-refractivity contribution is -0.160. The molecule has 2 N–H and O–H groups in total. The number of hydrogen-bond acceptors (Lipinski definition) is 5. The van der Waals surface area contributed by atoms with E-state index in [0.717, 1.165) is 0 Å². The van der Waals surface area contributed by atoms with Crippen LogP contribution in [0, 0.1) is 11.3 Å². The standard InChI is InChI=1S/C22H31N3O5/c1-14(19(27)24-18-8-6-17(7-9-18)23-15(2)26)30-20(28)16-10-12-25(13-11-16)21(29)22(3,4)5/h6-9,14,16H,10-13H2,1-5H3,(H,23,26)(H,24,27). The van der Waals surface area contributed by atoms with Crippen LogP contribution < -0.4 is 10.6 Å². The van der Waals surface area contributed by atoms with Crippen molar-refractivity contribution in [3.8, 4) is 0 Å². The topological polar surface area (TPSA) is 105 Å². The number of rotatable bonds is 5. The van der Waals surface area contributed by atoms with E-state index < -0.39 is 23.4 Å². The fourth-order valence-electron chi connectivity index (χ4n) is 3.20. The van der Waals surface area contributed by atoms with Crippen LogP contribution >= 0.6 is 0 Å². The van der Waals surface area contributed by atoms with E-state index in [9.17, 15) is 19.2 Å². The summed E-state index contributed by atoms with van der Waals surface area (Å²) in [5, 5.41) is 5.33. The molecule has 1 aliphatic rings. The lowest BCUT2D eigenvalue weighted by atomic mass is 9.91. The number of carbonyl (C=O) groups is 4. The third-order valence-corrected chi connectivity index (χ3v) is 4.89. The number of likely N-dealkylation sites (tertiary alicyclic amines) is 1. The van der Waals surface area contributed by atoms with Gasteiger partial charge in [0.2, 0.25) is 11.8 Å². The maximum Gasteiger partial charge on any atom is 0.309 e. The molecule has 0 radical (unpaired) electrons. The molecule has 1 saturated heterocycles. The molecule has 0 spiro atoms. The first-order chi connectivity index (χ1) is 14.0. The van der Waals surface area contributed by atoms with Gasteiger partial charge in [-0.15, -0.1) is 0 Å². The monoisotopic (exact) mass is 417 g/mol. The fraction of sp³-hybridized carbons (Fsp3) is 0.545. The number of amides is 3. The maximum atomic E-state index is 12.4. The Bertz CT molecular complexity index is 790. The largest absolute Gasteiger partial charge is 0.452 e. The molecule has 2 rings (SSSR count). The molecule has 1 heterocycles. The van der Waals surface area contributed by atoms with E-state index in [1.54, 1.807) is 29.2 Å². The second-order valence-electron chi connectivity index (χ2n) is 8.64. The SMILES string of the molecule is CC(=O)Nc1ccc(NC(=O)C(C)OC(=O)C2CCN(C(=O)C(C)(C)C)CC2)cc1. The molecule has 8 heteroatoms. The Morgan fingerprint density at radius 3 is 1.97 bits per heavy atom. The van der Waals surface area contributed by atoms with Gasteiger partial charge in [0.05, 0.1) is 5.92 Å². The number of benzene rings is 1. The number of piperidine rings is 1. The minimum atomic E-state index is -0.943. The first-order valence-corrected chi connectivity index (χ1v) is 10.2. The molecule has 8 nitrogen and oxygen atoms in total. The van der Waals surface area contributed by atoms with Crippen LogP contribution in [0.1, 0.15) is 47.5 Å². The normalized spacial score (nSPS) is 15.8. The Labute approximate surface area is 177 Å². The number of anilines is 2.